The van der Waals surface area contributed by atoms with Crippen LogP contribution in [-0.4, -0.2) is 22.5 Å². The number of nitrogens with one attached hydrogen (secondary N) is 1. The van der Waals surface area contributed by atoms with Gasteiger partial charge in [0.1, 0.15) is 27.7 Å². The average Bonchev–Trinajstić information content (AvgIpc) is 2.93. The maximum absolute atomic E-state index is 13.1. The number of rotatable bonds is 5. The van der Waals surface area contributed by atoms with Gasteiger partial charge in [0, 0.05) is 5.69 Å². The van der Waals surface area contributed by atoms with Crippen LogP contribution in [0.15, 0.2) is 30.6 Å². The number of fused-ring (bicyclic) bond motifs is 1. The third kappa shape index (κ3) is 4.28. The van der Waals surface area contributed by atoms with E-state index in [0.717, 1.165) is 10.9 Å². The van der Waals surface area contributed by atoms with Crippen molar-refractivity contribution in [1.82, 2.24) is 9.97 Å². The Kier molecular flexibility index (Phi) is 6.50. The molecule has 0 saturated heterocycles. The molecule has 26 heavy (non-hydrogen) atoms. The molecule has 5 nitrogen and oxygen atoms in total. The molecule has 1 N–H and O–H groups in total. The van der Waals surface area contributed by atoms with Crippen LogP contribution in [0.5, 0.6) is 0 Å². The molecule has 138 valence electrons. The van der Waals surface area contributed by atoms with E-state index in [1.54, 1.807) is 12.1 Å². The molecule has 0 fully saturated rings. The minimum atomic E-state index is -0.345. The van der Waals surface area contributed by atoms with E-state index in [4.69, 9.17) is 4.74 Å². The molecule has 0 amide bonds. The Hall–Kier alpha value is -2.25. The quantitative estimate of drug-likeness (QED) is 0.607. The van der Waals surface area contributed by atoms with Crippen LogP contribution in [0.25, 0.3) is 10.2 Å². The third-order valence-electron chi connectivity index (χ3n) is 3.57. The first-order chi connectivity index (χ1) is 12.0. The molecule has 8 heteroatoms. The van der Waals surface area contributed by atoms with Crippen molar-refractivity contribution in [3.8, 4) is 0 Å². The van der Waals surface area contributed by atoms with E-state index in [0.29, 0.717) is 27.8 Å². The number of carbonyl (C=O) groups excluding carboxylic acids is 1. The summed E-state index contributed by atoms with van der Waals surface area (Å²) < 4.78 is 18.4. The highest BCUT2D eigenvalue weighted by atomic mass is 35.5. The normalized spacial score (nSPS) is 10.7. The Balaban J connectivity index is 0.00000243. The summed E-state index contributed by atoms with van der Waals surface area (Å²) >= 11 is 1.29. The Morgan fingerprint density at radius 1 is 1.27 bits per heavy atom. The van der Waals surface area contributed by atoms with E-state index in [2.05, 4.69) is 15.3 Å². The van der Waals surface area contributed by atoms with Crippen LogP contribution < -0.4 is 5.32 Å². The molecule has 0 aliphatic heterocycles. The maximum Gasteiger partial charge on any atom is 0.348 e. The first kappa shape index (κ1) is 20.1. The molecule has 2 heterocycles. The van der Waals surface area contributed by atoms with E-state index in [9.17, 15) is 9.18 Å². The van der Waals surface area contributed by atoms with E-state index >= 15 is 0 Å². The molecular formula is C18H19ClFN3O2S. The van der Waals surface area contributed by atoms with Gasteiger partial charge in [0.25, 0.3) is 0 Å². The van der Waals surface area contributed by atoms with Crippen molar-refractivity contribution in [1.29, 1.82) is 0 Å². The van der Waals surface area contributed by atoms with Gasteiger partial charge in [-0.15, -0.1) is 23.7 Å². The van der Waals surface area contributed by atoms with Crippen LogP contribution in [0, 0.1) is 18.7 Å². The molecule has 3 aromatic rings. The summed E-state index contributed by atoms with van der Waals surface area (Å²) in [4.78, 5) is 22.1. The monoisotopic (exact) mass is 395 g/mol. The number of aromatic nitrogens is 2. The van der Waals surface area contributed by atoms with Gasteiger partial charge in [0.05, 0.1) is 12.0 Å². The van der Waals surface area contributed by atoms with Crippen LogP contribution >= 0.6 is 23.7 Å². The van der Waals surface area contributed by atoms with Crippen molar-refractivity contribution in [2.24, 2.45) is 5.92 Å². The molecule has 0 saturated carbocycles. The first-order valence-electron chi connectivity index (χ1n) is 7.89. The second-order valence-corrected chi connectivity index (χ2v) is 7.08. The van der Waals surface area contributed by atoms with Crippen molar-refractivity contribution in [2.75, 3.05) is 11.9 Å². The smallest absolute Gasteiger partial charge is 0.348 e. The fourth-order valence-electron chi connectivity index (χ4n) is 2.34. The van der Waals surface area contributed by atoms with Gasteiger partial charge in [-0.3, -0.25) is 0 Å². The summed E-state index contributed by atoms with van der Waals surface area (Å²) in [6.07, 6.45) is 1.44. The highest BCUT2D eigenvalue weighted by Crippen LogP contribution is 2.34. The number of carbonyl (C=O) groups is 1. The van der Waals surface area contributed by atoms with Crippen molar-refractivity contribution in [2.45, 2.75) is 20.8 Å². The number of esters is 1. The minimum absolute atomic E-state index is 0. The Labute approximate surface area is 161 Å². The third-order valence-corrected chi connectivity index (χ3v) is 4.75. The van der Waals surface area contributed by atoms with Gasteiger partial charge in [0.15, 0.2) is 0 Å². The number of halogens is 2. The lowest BCUT2D eigenvalue weighted by molar-refractivity contribution is 0.0464. The predicted octanol–water partition coefficient (Wildman–Crippen LogP) is 5.12. The van der Waals surface area contributed by atoms with Gasteiger partial charge in [-0.2, -0.15) is 0 Å². The number of hydrogen-bond donors (Lipinski definition) is 1. The molecule has 3 rings (SSSR count). The van der Waals surface area contributed by atoms with E-state index < -0.39 is 0 Å². The number of benzene rings is 1. The largest absolute Gasteiger partial charge is 0.461 e. The molecule has 0 bridgehead atoms. The second kappa shape index (κ2) is 8.42. The van der Waals surface area contributed by atoms with Crippen LogP contribution in [0.4, 0.5) is 15.9 Å². The SMILES string of the molecule is Cc1c(C(=O)OCC(C)C)sc2ncnc(Nc3ccc(F)cc3)c12.Cl. The number of nitrogens with zero attached hydrogens (tertiary/aromatic N) is 2. The van der Waals surface area contributed by atoms with Crippen LogP contribution in [0.3, 0.4) is 0 Å². The van der Waals surface area contributed by atoms with Crippen molar-refractivity contribution >= 4 is 51.4 Å². The van der Waals surface area contributed by atoms with Gasteiger partial charge in [-0.25, -0.2) is 19.2 Å². The van der Waals surface area contributed by atoms with Gasteiger partial charge < -0.3 is 10.1 Å². The zero-order valence-electron chi connectivity index (χ0n) is 14.6. The summed E-state index contributed by atoms with van der Waals surface area (Å²) in [5.41, 5.74) is 1.48. The highest BCUT2D eigenvalue weighted by Gasteiger charge is 2.20. The van der Waals surface area contributed by atoms with Crippen molar-refractivity contribution in [3.05, 3.63) is 46.9 Å². The minimum Gasteiger partial charge on any atom is -0.461 e. The fourth-order valence-corrected chi connectivity index (χ4v) is 3.38. The molecular weight excluding hydrogens is 377 g/mol. The molecule has 0 aliphatic carbocycles. The Morgan fingerprint density at radius 3 is 2.62 bits per heavy atom. The van der Waals surface area contributed by atoms with E-state index in [1.165, 1.54) is 29.8 Å². The van der Waals surface area contributed by atoms with Gasteiger partial charge in [0.2, 0.25) is 0 Å². The van der Waals surface area contributed by atoms with Crippen molar-refractivity contribution < 1.29 is 13.9 Å². The number of hydrogen-bond acceptors (Lipinski definition) is 6. The number of anilines is 2. The number of ether oxygens (including phenoxy) is 1. The number of aryl methyl sites for hydroxylation is 1. The maximum atomic E-state index is 13.1. The second-order valence-electron chi connectivity index (χ2n) is 6.08. The lowest BCUT2D eigenvalue weighted by Crippen LogP contribution is -2.09. The van der Waals surface area contributed by atoms with Gasteiger partial charge >= 0.3 is 5.97 Å². The van der Waals surface area contributed by atoms with Crippen LogP contribution in [0.2, 0.25) is 0 Å². The standard InChI is InChI=1S/C18H18FN3O2S.ClH/c1-10(2)8-24-18(23)15-11(3)14-16(20-9-21-17(14)25-15)22-13-6-4-12(19)5-7-13;/h4-7,9-10H,8H2,1-3H3,(H,20,21,22);1H. The summed E-state index contributed by atoms with van der Waals surface area (Å²) in [6, 6.07) is 6.00. The summed E-state index contributed by atoms with van der Waals surface area (Å²) in [5.74, 6) is 0.199. The molecule has 0 unspecified atom stereocenters. The van der Waals surface area contributed by atoms with Crippen LogP contribution in [-0.2, 0) is 4.74 Å². The Bertz CT molecular complexity index is 913. The zero-order valence-corrected chi connectivity index (χ0v) is 16.2. The zero-order chi connectivity index (χ0) is 18.0. The lowest BCUT2D eigenvalue weighted by Gasteiger charge is -2.08. The van der Waals surface area contributed by atoms with E-state index in [1.807, 2.05) is 20.8 Å². The lowest BCUT2D eigenvalue weighted by atomic mass is 10.2. The first-order valence-corrected chi connectivity index (χ1v) is 8.71. The molecule has 0 radical (unpaired) electrons. The Morgan fingerprint density at radius 2 is 1.96 bits per heavy atom. The average molecular weight is 396 g/mol. The van der Waals surface area contributed by atoms with Gasteiger partial charge in [-0.05, 0) is 42.7 Å². The molecule has 0 spiro atoms. The fraction of sp³-hybridized carbons (Fsp3) is 0.278. The van der Waals surface area contributed by atoms with Gasteiger partial charge in [-0.1, -0.05) is 13.8 Å². The molecule has 2 aromatic heterocycles. The molecule has 0 atom stereocenters. The predicted molar refractivity (Wildman–Crippen MR) is 104 cm³/mol. The summed E-state index contributed by atoms with van der Waals surface area (Å²) in [7, 11) is 0. The molecule has 0 aliphatic rings. The molecule has 1 aromatic carbocycles. The highest BCUT2D eigenvalue weighted by molar-refractivity contribution is 7.20. The van der Waals surface area contributed by atoms with Crippen molar-refractivity contribution in [3.63, 3.8) is 0 Å². The van der Waals surface area contributed by atoms with E-state index in [-0.39, 0.29) is 30.1 Å². The number of thiophene rings is 1. The van der Waals surface area contributed by atoms with Crippen LogP contribution in [0.1, 0.15) is 29.1 Å². The topological polar surface area (TPSA) is 64.1 Å². The summed E-state index contributed by atoms with van der Waals surface area (Å²) in [6.45, 7) is 6.20. The summed E-state index contributed by atoms with van der Waals surface area (Å²) in [5, 5.41) is 3.93.